The first kappa shape index (κ1) is 13.8. The number of pyridine rings is 1. The second-order valence-electron chi connectivity index (χ2n) is 3.94. The van der Waals surface area contributed by atoms with Crippen LogP contribution in [0.3, 0.4) is 0 Å². The Kier molecular flexibility index (Phi) is 6.14. The predicted molar refractivity (Wildman–Crippen MR) is 74.5 cm³/mol. The molecule has 0 N–H and O–H groups in total. The molecule has 0 unspecified atom stereocenters. The molecule has 0 saturated carbocycles. The molecule has 90 valence electrons. The Morgan fingerprint density at radius 1 is 1.38 bits per heavy atom. The molecule has 2 nitrogen and oxygen atoms in total. The molecular formula is C12H18BrClN2. The molecule has 0 aliphatic heterocycles. The van der Waals surface area contributed by atoms with E-state index in [0.717, 1.165) is 35.6 Å². The van der Waals surface area contributed by atoms with Crippen LogP contribution in [0, 0.1) is 6.92 Å². The van der Waals surface area contributed by atoms with Gasteiger partial charge in [0.05, 0.1) is 4.47 Å². The third-order valence-corrected chi connectivity index (χ3v) is 3.80. The topological polar surface area (TPSA) is 16.1 Å². The molecule has 4 heteroatoms. The fourth-order valence-electron chi connectivity index (χ4n) is 1.52. The number of alkyl halides is 1. The van der Waals surface area contributed by atoms with Crippen molar-refractivity contribution in [2.24, 2.45) is 0 Å². The van der Waals surface area contributed by atoms with Gasteiger partial charge in [0.25, 0.3) is 0 Å². The molecule has 0 aliphatic carbocycles. The summed E-state index contributed by atoms with van der Waals surface area (Å²) in [6.45, 7) is 3.10. The molecule has 0 aromatic carbocycles. The number of unbranched alkanes of at least 4 members (excludes halogenated alkanes) is 2. The van der Waals surface area contributed by atoms with E-state index in [1.807, 2.05) is 12.3 Å². The third-order valence-electron chi connectivity index (χ3n) is 2.55. The molecule has 0 amide bonds. The molecule has 1 aromatic rings. The smallest absolute Gasteiger partial charge is 0.142 e. The van der Waals surface area contributed by atoms with Crippen molar-refractivity contribution in [3.63, 3.8) is 0 Å². The molecule has 0 bridgehead atoms. The van der Waals surface area contributed by atoms with Crippen LogP contribution in [0.5, 0.6) is 0 Å². The van der Waals surface area contributed by atoms with Crippen molar-refractivity contribution >= 4 is 33.3 Å². The van der Waals surface area contributed by atoms with Crippen LogP contribution in [0.4, 0.5) is 5.82 Å². The Labute approximate surface area is 111 Å². The van der Waals surface area contributed by atoms with Gasteiger partial charge in [-0.25, -0.2) is 4.98 Å². The second-order valence-corrected chi connectivity index (χ2v) is 5.11. The minimum Gasteiger partial charge on any atom is -0.359 e. The van der Waals surface area contributed by atoms with Gasteiger partial charge >= 0.3 is 0 Å². The summed E-state index contributed by atoms with van der Waals surface area (Å²) in [5, 5.41) is 0. The lowest BCUT2D eigenvalue weighted by atomic mass is 10.2. The number of aryl methyl sites for hydroxylation is 1. The molecule has 0 atom stereocenters. The third kappa shape index (κ3) is 3.95. The quantitative estimate of drug-likeness (QED) is 0.583. The molecule has 0 fully saturated rings. The van der Waals surface area contributed by atoms with Crippen molar-refractivity contribution in [3.8, 4) is 0 Å². The average molecular weight is 306 g/mol. The first-order valence-corrected chi connectivity index (χ1v) is 6.87. The van der Waals surface area contributed by atoms with E-state index in [1.165, 1.54) is 12.0 Å². The minimum absolute atomic E-state index is 0.760. The highest BCUT2D eigenvalue weighted by atomic mass is 79.9. The van der Waals surface area contributed by atoms with Crippen molar-refractivity contribution in [3.05, 3.63) is 22.3 Å². The van der Waals surface area contributed by atoms with E-state index in [1.54, 1.807) is 0 Å². The highest BCUT2D eigenvalue weighted by molar-refractivity contribution is 9.10. The van der Waals surface area contributed by atoms with E-state index in [4.69, 9.17) is 11.6 Å². The number of hydrogen-bond acceptors (Lipinski definition) is 2. The van der Waals surface area contributed by atoms with Crippen LogP contribution in [0.1, 0.15) is 24.8 Å². The Morgan fingerprint density at radius 2 is 2.12 bits per heavy atom. The van der Waals surface area contributed by atoms with Gasteiger partial charge in [-0.1, -0.05) is 6.42 Å². The monoisotopic (exact) mass is 304 g/mol. The summed E-state index contributed by atoms with van der Waals surface area (Å²) in [6.07, 6.45) is 5.28. The summed E-state index contributed by atoms with van der Waals surface area (Å²) in [5.74, 6) is 1.78. The van der Waals surface area contributed by atoms with Crippen molar-refractivity contribution in [1.82, 2.24) is 4.98 Å². The van der Waals surface area contributed by atoms with Gasteiger partial charge in [-0.2, -0.15) is 0 Å². The largest absolute Gasteiger partial charge is 0.359 e. The van der Waals surface area contributed by atoms with E-state index >= 15 is 0 Å². The van der Waals surface area contributed by atoms with Crippen LogP contribution in [0.15, 0.2) is 16.7 Å². The van der Waals surface area contributed by atoms with Gasteiger partial charge in [0, 0.05) is 25.7 Å². The Bertz CT molecular complexity index is 331. The zero-order valence-corrected chi connectivity index (χ0v) is 12.2. The van der Waals surface area contributed by atoms with E-state index in [2.05, 4.69) is 39.8 Å². The van der Waals surface area contributed by atoms with E-state index < -0.39 is 0 Å². The lowest BCUT2D eigenvalue weighted by Gasteiger charge is -2.20. The number of anilines is 1. The number of nitrogens with zero attached hydrogens (tertiary/aromatic N) is 2. The first-order chi connectivity index (χ1) is 7.66. The zero-order chi connectivity index (χ0) is 12.0. The number of hydrogen-bond donors (Lipinski definition) is 0. The summed E-state index contributed by atoms with van der Waals surface area (Å²) >= 11 is 9.22. The van der Waals surface area contributed by atoms with Gasteiger partial charge < -0.3 is 4.90 Å². The van der Waals surface area contributed by atoms with Gasteiger partial charge in [-0.3, -0.25) is 0 Å². The van der Waals surface area contributed by atoms with E-state index in [-0.39, 0.29) is 0 Å². The summed E-state index contributed by atoms with van der Waals surface area (Å²) in [7, 11) is 2.08. The molecule has 0 spiro atoms. The number of rotatable bonds is 6. The normalized spacial score (nSPS) is 10.5. The maximum absolute atomic E-state index is 5.65. The van der Waals surface area contributed by atoms with E-state index in [0.29, 0.717) is 0 Å². The minimum atomic E-state index is 0.760. The predicted octanol–water partition coefficient (Wildman–Crippen LogP) is 4.00. The van der Waals surface area contributed by atoms with Crippen LogP contribution in [0.25, 0.3) is 0 Å². The van der Waals surface area contributed by atoms with Crippen molar-refractivity contribution < 1.29 is 0 Å². The maximum atomic E-state index is 5.65. The SMILES string of the molecule is Cc1ccnc(N(C)CCCCCCl)c1Br. The fraction of sp³-hybridized carbons (Fsp3) is 0.583. The molecular weight excluding hydrogens is 288 g/mol. The van der Waals surface area contributed by atoms with Crippen LogP contribution in [0.2, 0.25) is 0 Å². The maximum Gasteiger partial charge on any atom is 0.142 e. The molecule has 16 heavy (non-hydrogen) atoms. The summed E-state index contributed by atoms with van der Waals surface area (Å²) < 4.78 is 1.09. The summed E-state index contributed by atoms with van der Waals surface area (Å²) in [5.41, 5.74) is 1.22. The van der Waals surface area contributed by atoms with Crippen LogP contribution in [-0.4, -0.2) is 24.5 Å². The lowest BCUT2D eigenvalue weighted by molar-refractivity contribution is 0.703. The van der Waals surface area contributed by atoms with Crippen LogP contribution < -0.4 is 4.90 Å². The van der Waals surface area contributed by atoms with Gasteiger partial charge in [0.1, 0.15) is 5.82 Å². The van der Waals surface area contributed by atoms with E-state index in [9.17, 15) is 0 Å². The first-order valence-electron chi connectivity index (χ1n) is 5.55. The number of aromatic nitrogens is 1. The van der Waals surface area contributed by atoms with Crippen LogP contribution in [-0.2, 0) is 0 Å². The Hall–Kier alpha value is -0.280. The van der Waals surface area contributed by atoms with Gasteiger partial charge in [0.15, 0.2) is 0 Å². The summed E-state index contributed by atoms with van der Waals surface area (Å²) in [6, 6.07) is 2.01. The zero-order valence-electron chi connectivity index (χ0n) is 9.84. The Morgan fingerprint density at radius 3 is 2.81 bits per heavy atom. The second kappa shape index (κ2) is 7.13. The number of halogens is 2. The molecule has 1 aromatic heterocycles. The van der Waals surface area contributed by atoms with Crippen LogP contribution >= 0.6 is 27.5 Å². The van der Waals surface area contributed by atoms with Crippen molar-refractivity contribution in [2.45, 2.75) is 26.2 Å². The highest BCUT2D eigenvalue weighted by Crippen LogP contribution is 2.26. The molecule has 1 heterocycles. The van der Waals surface area contributed by atoms with Crippen molar-refractivity contribution in [2.75, 3.05) is 24.4 Å². The summed E-state index contributed by atoms with van der Waals surface area (Å²) in [4.78, 5) is 6.58. The van der Waals surface area contributed by atoms with Gasteiger partial charge in [-0.05, 0) is 47.3 Å². The van der Waals surface area contributed by atoms with Crippen molar-refractivity contribution in [1.29, 1.82) is 0 Å². The average Bonchev–Trinajstić information content (AvgIpc) is 2.28. The van der Waals surface area contributed by atoms with Gasteiger partial charge in [0.2, 0.25) is 0 Å². The standard InChI is InChI=1S/C12H18BrClN2/c1-10-6-8-15-12(11(10)13)16(2)9-5-3-4-7-14/h6,8H,3-5,7,9H2,1-2H3. The lowest BCUT2D eigenvalue weighted by Crippen LogP contribution is -2.20. The highest BCUT2D eigenvalue weighted by Gasteiger charge is 2.08. The fourth-order valence-corrected chi connectivity index (χ4v) is 2.24. The molecule has 0 radical (unpaired) electrons. The molecule has 1 rings (SSSR count). The van der Waals surface area contributed by atoms with Gasteiger partial charge in [-0.15, -0.1) is 11.6 Å². The molecule has 0 saturated heterocycles. The Balaban J connectivity index is 2.52. The molecule has 0 aliphatic rings.